The summed E-state index contributed by atoms with van der Waals surface area (Å²) >= 11 is 5.91. The molecule has 170 valence electrons. The summed E-state index contributed by atoms with van der Waals surface area (Å²) in [7, 11) is 3.48. The molecule has 0 aromatic heterocycles. The quantitative estimate of drug-likeness (QED) is 0.399. The molecule has 1 aliphatic carbocycles. The van der Waals surface area contributed by atoms with Crippen LogP contribution in [0.4, 0.5) is 0 Å². The predicted octanol–water partition coefficient (Wildman–Crippen LogP) is 3.41. The Morgan fingerprint density at radius 3 is 2.84 bits per heavy atom. The summed E-state index contributed by atoms with van der Waals surface area (Å²) in [5.74, 6) is -0.0159. The van der Waals surface area contributed by atoms with Gasteiger partial charge in [-0.15, -0.1) is 0 Å². The van der Waals surface area contributed by atoms with Crippen molar-refractivity contribution in [3.8, 4) is 5.75 Å². The molecule has 0 heterocycles. The number of carbonyl (C=O) groups is 2. The van der Waals surface area contributed by atoms with Crippen LogP contribution in [0.1, 0.15) is 32.1 Å². The highest BCUT2D eigenvalue weighted by Gasteiger charge is 2.39. The van der Waals surface area contributed by atoms with Crippen molar-refractivity contribution in [2.75, 3.05) is 20.7 Å². The summed E-state index contributed by atoms with van der Waals surface area (Å²) in [5.41, 5.74) is 0. The van der Waals surface area contributed by atoms with Gasteiger partial charge in [0, 0.05) is 43.8 Å². The first-order valence-corrected chi connectivity index (χ1v) is 11.0. The van der Waals surface area contributed by atoms with Crippen molar-refractivity contribution in [2.24, 2.45) is 11.8 Å². The smallest absolute Gasteiger partial charge is 0.222 e. The fourth-order valence-electron chi connectivity index (χ4n) is 3.53. The number of aliphatic hydroxyl groups excluding tert-OH is 2. The first-order chi connectivity index (χ1) is 14.8. The number of Topliss-reactive ketones (excluding diaryl/α,β-unsaturated/α-hetero) is 1. The number of hydrogen-bond donors (Lipinski definition) is 2. The fraction of sp³-hybridized carbons (Fsp3) is 0.500. The molecule has 1 saturated carbocycles. The van der Waals surface area contributed by atoms with Crippen LogP contribution in [0.25, 0.3) is 0 Å². The van der Waals surface area contributed by atoms with E-state index in [0.29, 0.717) is 23.6 Å². The van der Waals surface area contributed by atoms with Gasteiger partial charge in [-0.25, -0.2) is 0 Å². The fourth-order valence-corrected chi connectivity index (χ4v) is 3.71. The Bertz CT molecular complexity index is 792. The van der Waals surface area contributed by atoms with Gasteiger partial charge in [0.2, 0.25) is 5.91 Å². The minimum absolute atomic E-state index is 0.0262. The molecule has 2 N–H and O–H groups in total. The summed E-state index contributed by atoms with van der Waals surface area (Å²) in [6.07, 6.45) is 8.35. The molecule has 0 saturated heterocycles. The summed E-state index contributed by atoms with van der Waals surface area (Å²) in [6, 6.07) is 6.90. The number of rotatable bonds is 11. The number of amides is 1. The van der Waals surface area contributed by atoms with E-state index >= 15 is 0 Å². The lowest BCUT2D eigenvalue weighted by atomic mass is 9.90. The van der Waals surface area contributed by atoms with Crippen molar-refractivity contribution < 1.29 is 24.5 Å². The third-order valence-corrected chi connectivity index (χ3v) is 5.57. The van der Waals surface area contributed by atoms with E-state index in [4.69, 9.17) is 16.3 Å². The molecule has 6 nitrogen and oxygen atoms in total. The van der Waals surface area contributed by atoms with Gasteiger partial charge in [-0.3, -0.25) is 9.59 Å². The standard InChI is InChI=1S/C24H32ClNO5/c1-26(2)24(30)11-6-4-3-5-10-20-21(23(29)15-22(20)28)13-12-18(27)16-31-19-9-7-8-17(25)14-19/h3,5,7-9,12-14,18,20-22,27-28H,4,6,10-11,15-16H2,1-2H3/b5-3-,13-12+/t18-,20-,21-,22+/m1/s1. The first kappa shape index (κ1) is 25.1. The number of benzene rings is 1. The van der Waals surface area contributed by atoms with Gasteiger partial charge >= 0.3 is 0 Å². The monoisotopic (exact) mass is 449 g/mol. The lowest BCUT2D eigenvalue weighted by Crippen LogP contribution is -2.21. The predicted molar refractivity (Wildman–Crippen MR) is 121 cm³/mol. The number of ketones is 1. The molecule has 1 amide bonds. The first-order valence-electron chi connectivity index (χ1n) is 10.6. The normalized spacial score (nSPS) is 22.4. The maximum Gasteiger partial charge on any atom is 0.222 e. The number of ether oxygens (including phenoxy) is 1. The van der Waals surface area contributed by atoms with E-state index in [1.807, 2.05) is 12.2 Å². The van der Waals surface area contributed by atoms with Crippen LogP contribution in [0.2, 0.25) is 5.02 Å². The molecule has 0 aliphatic heterocycles. The Morgan fingerprint density at radius 1 is 1.35 bits per heavy atom. The second-order valence-corrected chi connectivity index (χ2v) is 8.47. The van der Waals surface area contributed by atoms with E-state index in [2.05, 4.69) is 0 Å². The zero-order chi connectivity index (χ0) is 22.8. The Morgan fingerprint density at radius 2 is 2.13 bits per heavy atom. The Kier molecular flexibility index (Phi) is 10.2. The second-order valence-electron chi connectivity index (χ2n) is 8.04. The molecule has 1 fully saturated rings. The maximum atomic E-state index is 12.3. The molecule has 1 aromatic carbocycles. The Labute approximate surface area is 189 Å². The third kappa shape index (κ3) is 8.48. The third-order valence-electron chi connectivity index (χ3n) is 5.33. The maximum absolute atomic E-state index is 12.3. The number of allylic oxidation sites excluding steroid dienone is 3. The number of hydrogen-bond acceptors (Lipinski definition) is 5. The van der Waals surface area contributed by atoms with E-state index < -0.39 is 18.1 Å². The van der Waals surface area contributed by atoms with Gasteiger partial charge in [0.05, 0.1) is 6.10 Å². The van der Waals surface area contributed by atoms with Crippen molar-refractivity contribution >= 4 is 23.3 Å². The highest BCUT2D eigenvalue weighted by molar-refractivity contribution is 6.30. The highest BCUT2D eigenvalue weighted by Crippen LogP contribution is 2.33. The molecule has 0 spiro atoms. The van der Waals surface area contributed by atoms with Crippen LogP contribution >= 0.6 is 11.6 Å². The minimum Gasteiger partial charge on any atom is -0.491 e. The van der Waals surface area contributed by atoms with E-state index in [0.717, 1.165) is 12.8 Å². The molecule has 4 atom stereocenters. The molecular weight excluding hydrogens is 418 g/mol. The number of nitrogens with zero attached hydrogens (tertiary/aromatic N) is 1. The second kappa shape index (κ2) is 12.6. The average Bonchev–Trinajstić information content (AvgIpc) is 2.99. The van der Waals surface area contributed by atoms with Gasteiger partial charge in [0.1, 0.15) is 24.2 Å². The van der Waals surface area contributed by atoms with Gasteiger partial charge in [0.15, 0.2) is 0 Å². The molecule has 1 aromatic rings. The van der Waals surface area contributed by atoms with Gasteiger partial charge in [-0.05, 0) is 37.5 Å². The number of halogens is 1. The van der Waals surface area contributed by atoms with Gasteiger partial charge in [-0.2, -0.15) is 0 Å². The number of unbranched alkanes of at least 4 members (excludes halogenated alkanes) is 1. The number of aliphatic hydroxyl groups is 2. The molecule has 0 bridgehead atoms. The van der Waals surface area contributed by atoms with Crippen LogP contribution in [0.3, 0.4) is 0 Å². The van der Waals surface area contributed by atoms with E-state index in [9.17, 15) is 19.8 Å². The summed E-state index contributed by atoms with van der Waals surface area (Å²) in [6.45, 7) is 0.0382. The molecule has 0 radical (unpaired) electrons. The SMILES string of the molecule is CN(C)C(=O)CCC/C=C\C[C@H]1[C@@H](O)CC(=O)[C@@H]1/C=C/[C@@H](O)COc1cccc(Cl)c1. The zero-order valence-electron chi connectivity index (χ0n) is 18.1. The molecular formula is C24H32ClNO5. The summed E-state index contributed by atoms with van der Waals surface area (Å²) in [5, 5.41) is 21.0. The van der Waals surface area contributed by atoms with Crippen molar-refractivity contribution in [3.05, 3.63) is 53.6 Å². The molecule has 0 unspecified atom stereocenters. The molecule has 1 aliphatic rings. The van der Waals surface area contributed by atoms with E-state index in [1.165, 1.54) is 0 Å². The van der Waals surface area contributed by atoms with Crippen LogP contribution in [0, 0.1) is 11.8 Å². The van der Waals surface area contributed by atoms with Crippen molar-refractivity contribution in [3.63, 3.8) is 0 Å². The number of carbonyl (C=O) groups excluding carboxylic acids is 2. The summed E-state index contributed by atoms with van der Waals surface area (Å²) < 4.78 is 5.51. The van der Waals surface area contributed by atoms with Crippen LogP contribution < -0.4 is 4.74 Å². The van der Waals surface area contributed by atoms with Crippen LogP contribution in [-0.2, 0) is 9.59 Å². The van der Waals surface area contributed by atoms with Crippen LogP contribution in [-0.4, -0.2) is 59.7 Å². The van der Waals surface area contributed by atoms with Crippen molar-refractivity contribution in [1.82, 2.24) is 4.90 Å². The summed E-state index contributed by atoms with van der Waals surface area (Å²) in [4.78, 5) is 25.4. The topological polar surface area (TPSA) is 87.1 Å². The van der Waals surface area contributed by atoms with Crippen LogP contribution in [0.5, 0.6) is 5.75 Å². The van der Waals surface area contributed by atoms with Crippen LogP contribution in [0.15, 0.2) is 48.6 Å². The van der Waals surface area contributed by atoms with Crippen molar-refractivity contribution in [2.45, 2.75) is 44.3 Å². The largest absolute Gasteiger partial charge is 0.491 e. The zero-order valence-corrected chi connectivity index (χ0v) is 18.9. The minimum atomic E-state index is -0.880. The molecule has 7 heteroatoms. The van der Waals surface area contributed by atoms with Gasteiger partial charge in [-0.1, -0.05) is 42.0 Å². The Hall–Kier alpha value is -2.15. The lowest BCUT2D eigenvalue weighted by Gasteiger charge is -2.17. The average molecular weight is 450 g/mol. The van der Waals surface area contributed by atoms with E-state index in [1.54, 1.807) is 55.4 Å². The molecule has 31 heavy (non-hydrogen) atoms. The molecule has 2 rings (SSSR count). The van der Waals surface area contributed by atoms with Crippen molar-refractivity contribution in [1.29, 1.82) is 0 Å². The van der Waals surface area contributed by atoms with E-state index in [-0.39, 0.29) is 30.6 Å². The lowest BCUT2D eigenvalue weighted by molar-refractivity contribution is -0.128. The Balaban J connectivity index is 1.81. The van der Waals surface area contributed by atoms with Gasteiger partial charge < -0.3 is 19.8 Å². The van der Waals surface area contributed by atoms with Gasteiger partial charge in [0.25, 0.3) is 0 Å². The highest BCUT2D eigenvalue weighted by atomic mass is 35.5.